The second-order valence-electron chi connectivity index (χ2n) is 7.34. The highest BCUT2D eigenvalue weighted by atomic mass is 16.6. The third kappa shape index (κ3) is 7.50. The summed E-state index contributed by atoms with van der Waals surface area (Å²) in [5.74, 6) is -0.199. The van der Waals surface area contributed by atoms with Crippen LogP contribution in [-0.4, -0.2) is 23.6 Å². The van der Waals surface area contributed by atoms with E-state index in [0.29, 0.717) is 18.7 Å². The van der Waals surface area contributed by atoms with E-state index in [1.54, 1.807) is 32.9 Å². The van der Waals surface area contributed by atoms with Crippen molar-refractivity contribution in [1.29, 1.82) is 0 Å². The molecule has 2 amide bonds. The van der Waals surface area contributed by atoms with E-state index in [1.807, 2.05) is 42.5 Å². The number of benzene rings is 2. The molecule has 0 aliphatic carbocycles. The average Bonchev–Trinajstić information content (AvgIpc) is 2.60. The highest BCUT2D eigenvalue weighted by Crippen LogP contribution is 2.13. The highest BCUT2D eigenvalue weighted by molar-refractivity contribution is 5.85. The number of carbonyl (C=O) groups is 2. The number of carbonyl (C=O) groups excluding carboxylic acids is 2. The van der Waals surface area contributed by atoms with Gasteiger partial charge in [0.25, 0.3) is 0 Å². The molecule has 0 fully saturated rings. The lowest BCUT2D eigenvalue weighted by Gasteiger charge is -2.19. The van der Waals surface area contributed by atoms with Crippen LogP contribution in [0.1, 0.15) is 31.9 Å². The second-order valence-corrected chi connectivity index (χ2v) is 7.34. The van der Waals surface area contributed by atoms with Crippen LogP contribution in [0.15, 0.2) is 54.6 Å². The minimum absolute atomic E-state index is 0.199. The Bertz CT molecular complexity index is 752. The summed E-state index contributed by atoms with van der Waals surface area (Å²) in [6.45, 7) is 5.79. The minimum Gasteiger partial charge on any atom is -0.444 e. The van der Waals surface area contributed by atoms with Crippen LogP contribution in [0.2, 0.25) is 0 Å². The van der Waals surface area contributed by atoms with Gasteiger partial charge in [0.05, 0.1) is 6.04 Å². The molecule has 6 heteroatoms. The molecule has 0 radical (unpaired) electrons. The first-order valence-corrected chi connectivity index (χ1v) is 8.89. The average molecular weight is 369 g/mol. The summed E-state index contributed by atoms with van der Waals surface area (Å²) in [5.41, 5.74) is 7.98. The van der Waals surface area contributed by atoms with Gasteiger partial charge in [-0.15, -0.1) is 0 Å². The zero-order valence-corrected chi connectivity index (χ0v) is 16.0. The minimum atomic E-state index is -0.597. The normalized spacial score (nSPS) is 12.1. The summed E-state index contributed by atoms with van der Waals surface area (Å²) < 4.78 is 5.21. The van der Waals surface area contributed by atoms with Gasteiger partial charge in [-0.1, -0.05) is 42.5 Å². The molecule has 0 saturated heterocycles. The van der Waals surface area contributed by atoms with Crippen LogP contribution < -0.4 is 16.4 Å². The van der Waals surface area contributed by atoms with Gasteiger partial charge in [-0.3, -0.25) is 10.1 Å². The molecule has 1 atom stereocenters. The van der Waals surface area contributed by atoms with Crippen molar-refractivity contribution in [2.24, 2.45) is 5.73 Å². The predicted molar refractivity (Wildman–Crippen MR) is 106 cm³/mol. The Balaban J connectivity index is 1.80. The van der Waals surface area contributed by atoms with Gasteiger partial charge in [0.1, 0.15) is 5.60 Å². The van der Waals surface area contributed by atoms with Crippen molar-refractivity contribution in [3.63, 3.8) is 0 Å². The van der Waals surface area contributed by atoms with Crippen molar-refractivity contribution in [2.45, 2.75) is 45.4 Å². The lowest BCUT2D eigenvalue weighted by Crippen LogP contribution is -2.41. The maximum atomic E-state index is 12.2. The van der Waals surface area contributed by atoms with Crippen LogP contribution in [0.25, 0.3) is 0 Å². The van der Waals surface area contributed by atoms with E-state index in [0.717, 1.165) is 11.1 Å². The van der Waals surface area contributed by atoms with Gasteiger partial charge in [-0.25, -0.2) is 4.79 Å². The van der Waals surface area contributed by atoms with Crippen molar-refractivity contribution in [3.05, 3.63) is 65.7 Å². The van der Waals surface area contributed by atoms with Crippen LogP contribution >= 0.6 is 0 Å². The van der Waals surface area contributed by atoms with Crippen molar-refractivity contribution in [1.82, 2.24) is 5.32 Å². The van der Waals surface area contributed by atoms with Crippen LogP contribution in [0, 0.1) is 0 Å². The number of amides is 2. The smallest absolute Gasteiger partial charge is 0.412 e. The number of rotatable bonds is 6. The zero-order valence-electron chi connectivity index (χ0n) is 16.0. The molecule has 0 unspecified atom stereocenters. The molecule has 4 N–H and O–H groups in total. The maximum absolute atomic E-state index is 12.2. The molecule has 6 nitrogen and oxygen atoms in total. The second kappa shape index (κ2) is 9.19. The molecular weight excluding hydrogens is 342 g/mol. The van der Waals surface area contributed by atoms with Crippen LogP contribution in [0.5, 0.6) is 0 Å². The number of nitrogens with two attached hydrogens (primary N) is 1. The largest absolute Gasteiger partial charge is 0.444 e. The number of anilines is 1. The Morgan fingerprint density at radius 2 is 1.63 bits per heavy atom. The van der Waals surface area contributed by atoms with Crippen molar-refractivity contribution in [3.8, 4) is 0 Å². The van der Waals surface area contributed by atoms with E-state index in [9.17, 15) is 9.59 Å². The fraction of sp³-hybridized carbons (Fsp3) is 0.333. The van der Waals surface area contributed by atoms with Gasteiger partial charge < -0.3 is 15.8 Å². The monoisotopic (exact) mass is 369 g/mol. The Morgan fingerprint density at radius 3 is 2.22 bits per heavy atom. The Hall–Kier alpha value is -2.86. The number of nitrogens with one attached hydrogen (secondary N) is 2. The van der Waals surface area contributed by atoms with Gasteiger partial charge in [0.15, 0.2) is 0 Å². The molecule has 0 aliphatic heterocycles. The Kier molecular flexibility index (Phi) is 6.96. The third-order valence-corrected chi connectivity index (χ3v) is 3.70. The van der Waals surface area contributed by atoms with Crippen LogP contribution in [0.4, 0.5) is 10.5 Å². The third-order valence-electron chi connectivity index (χ3n) is 3.70. The summed E-state index contributed by atoms with van der Waals surface area (Å²) in [4.78, 5) is 23.9. The van der Waals surface area contributed by atoms with Gasteiger partial charge >= 0.3 is 6.09 Å². The van der Waals surface area contributed by atoms with E-state index in [2.05, 4.69) is 10.6 Å². The summed E-state index contributed by atoms with van der Waals surface area (Å²) in [5, 5.41) is 5.50. The molecule has 2 aromatic rings. The van der Waals surface area contributed by atoms with Gasteiger partial charge in [0, 0.05) is 12.2 Å². The number of hydrogen-bond acceptors (Lipinski definition) is 4. The number of hydrogen-bond donors (Lipinski definition) is 3. The Labute approximate surface area is 160 Å². The van der Waals surface area contributed by atoms with Crippen molar-refractivity contribution < 1.29 is 14.3 Å². The summed E-state index contributed by atoms with van der Waals surface area (Å²) >= 11 is 0. The van der Waals surface area contributed by atoms with Crippen LogP contribution in [0.3, 0.4) is 0 Å². The zero-order chi connectivity index (χ0) is 19.9. The van der Waals surface area contributed by atoms with Gasteiger partial charge in [-0.2, -0.15) is 0 Å². The molecule has 2 aromatic carbocycles. The van der Waals surface area contributed by atoms with E-state index in [1.165, 1.54) is 0 Å². The molecule has 0 aromatic heterocycles. The predicted octanol–water partition coefficient (Wildman–Crippen LogP) is 3.22. The summed E-state index contributed by atoms with van der Waals surface area (Å²) in [7, 11) is 0. The quantitative estimate of drug-likeness (QED) is 0.729. The molecular formula is C21H27N3O3. The first kappa shape index (κ1) is 20.5. The van der Waals surface area contributed by atoms with Gasteiger partial charge in [-0.05, 0) is 50.5 Å². The maximum Gasteiger partial charge on any atom is 0.412 e. The molecule has 0 saturated carbocycles. The lowest BCUT2D eigenvalue weighted by molar-refractivity contribution is -0.122. The first-order chi connectivity index (χ1) is 12.7. The van der Waals surface area contributed by atoms with E-state index in [4.69, 9.17) is 10.5 Å². The molecule has 0 heterocycles. The standard InChI is InChI=1S/C21H27N3O3/c1-21(2,3)27-20(26)24-17-11-9-16(10-12-17)14-23-19(25)18(22)13-15-7-5-4-6-8-15/h4-12,18H,13-14,22H2,1-3H3,(H,23,25)(H,24,26)/t18-/m0/s1. The van der Waals surface area contributed by atoms with E-state index in [-0.39, 0.29) is 5.91 Å². The fourth-order valence-corrected chi connectivity index (χ4v) is 2.41. The molecule has 2 rings (SSSR count). The fourth-order valence-electron chi connectivity index (χ4n) is 2.41. The van der Waals surface area contributed by atoms with E-state index >= 15 is 0 Å². The summed E-state index contributed by atoms with van der Waals surface area (Å²) in [6.07, 6.45) is -0.0127. The molecule has 0 spiro atoms. The lowest BCUT2D eigenvalue weighted by atomic mass is 10.1. The topological polar surface area (TPSA) is 93.5 Å². The molecule has 0 bridgehead atoms. The van der Waals surface area contributed by atoms with Gasteiger partial charge in [0.2, 0.25) is 5.91 Å². The Morgan fingerprint density at radius 1 is 1.00 bits per heavy atom. The highest BCUT2D eigenvalue weighted by Gasteiger charge is 2.16. The summed E-state index contributed by atoms with van der Waals surface area (Å²) in [6, 6.07) is 16.2. The molecule has 0 aliphatic rings. The SMILES string of the molecule is CC(C)(C)OC(=O)Nc1ccc(CNC(=O)[C@@H](N)Cc2ccccc2)cc1. The first-order valence-electron chi connectivity index (χ1n) is 8.89. The van der Waals surface area contributed by atoms with Crippen molar-refractivity contribution >= 4 is 17.7 Å². The molecule has 27 heavy (non-hydrogen) atoms. The van der Waals surface area contributed by atoms with Crippen molar-refractivity contribution in [2.75, 3.05) is 5.32 Å². The number of ether oxygens (including phenoxy) is 1. The van der Waals surface area contributed by atoms with E-state index < -0.39 is 17.7 Å². The van der Waals surface area contributed by atoms with Crippen LogP contribution in [-0.2, 0) is 22.5 Å². The molecule has 144 valence electrons.